The summed E-state index contributed by atoms with van der Waals surface area (Å²) in [4.78, 5) is 82.0. The van der Waals surface area contributed by atoms with Crippen molar-refractivity contribution in [1.82, 2.24) is 21.3 Å². The van der Waals surface area contributed by atoms with Crippen LogP contribution in [0.25, 0.3) is 22.1 Å². The zero-order chi connectivity index (χ0) is 43.2. The van der Waals surface area contributed by atoms with Gasteiger partial charge < -0.3 is 56.5 Å². The fourth-order valence-corrected chi connectivity index (χ4v) is 6.30. The van der Waals surface area contributed by atoms with Crippen LogP contribution in [0.1, 0.15) is 38.7 Å². The molecule has 60 heavy (non-hydrogen) atoms. The minimum absolute atomic E-state index is 0.0366. The lowest BCUT2D eigenvalue weighted by Crippen LogP contribution is -2.57. The number of carbonyl (C=O) groups is 5. The number of carboxylic acids is 1. The van der Waals surface area contributed by atoms with Crippen molar-refractivity contribution in [3.63, 3.8) is 0 Å². The number of carboxylic acid groups (broad SMARTS) is 1. The molecule has 2 heterocycles. The summed E-state index contributed by atoms with van der Waals surface area (Å²) in [5.74, 6) is -2.87. The summed E-state index contributed by atoms with van der Waals surface area (Å²) >= 11 is 0. The first-order chi connectivity index (χ1) is 28.8. The van der Waals surface area contributed by atoms with E-state index in [1.807, 2.05) is 13.8 Å². The van der Waals surface area contributed by atoms with Crippen LogP contribution in [0.15, 0.2) is 87.2 Å². The van der Waals surface area contributed by atoms with Crippen LogP contribution < -0.4 is 52.4 Å². The van der Waals surface area contributed by atoms with Crippen molar-refractivity contribution in [2.24, 2.45) is 22.4 Å². The number of aliphatic carboxylic acids is 1. The Bertz CT molecular complexity index is 2260. The van der Waals surface area contributed by atoms with Gasteiger partial charge in [-0.15, -0.1) is 0 Å². The molecule has 3 unspecified atom stereocenters. The Morgan fingerprint density at radius 1 is 0.850 bits per heavy atom. The maximum atomic E-state index is 13.7. The molecule has 4 aromatic rings. The molecule has 0 bridgehead atoms. The molecule has 0 spiro atoms. The largest absolute Gasteiger partial charge is 0.486 e. The maximum Gasteiger partial charge on any atom is 0.326 e. The Hall–Kier alpha value is -7.11. The zero-order valence-corrected chi connectivity index (χ0v) is 33.2. The third-order valence-electron chi connectivity index (χ3n) is 9.25. The number of hydrogen-bond acceptors (Lipinski definition) is 11. The first-order valence-electron chi connectivity index (χ1n) is 19.3. The quantitative estimate of drug-likeness (QED) is 0.0380. The molecule has 4 amide bonds. The summed E-state index contributed by atoms with van der Waals surface area (Å²) in [7, 11) is 0. The number of carbonyl (C=O) groups excluding carboxylic acids is 4. The topological polar surface area (TPSA) is 276 Å². The molecule has 0 aliphatic carbocycles. The summed E-state index contributed by atoms with van der Waals surface area (Å²) in [6.45, 7) is 3.69. The van der Waals surface area contributed by atoms with E-state index in [-0.39, 0.29) is 60.9 Å². The normalized spacial score (nSPS) is 13.3. The van der Waals surface area contributed by atoms with Gasteiger partial charge in [-0.05, 0) is 60.6 Å². The molecule has 0 radical (unpaired) electrons. The van der Waals surface area contributed by atoms with Crippen LogP contribution in [-0.4, -0.2) is 91.7 Å². The van der Waals surface area contributed by atoms with E-state index >= 15 is 0 Å². The lowest BCUT2D eigenvalue weighted by Gasteiger charge is -2.25. The number of rotatable bonds is 20. The van der Waals surface area contributed by atoms with Gasteiger partial charge in [0.15, 0.2) is 29.5 Å². The first-order valence-corrected chi connectivity index (χ1v) is 19.3. The van der Waals surface area contributed by atoms with Gasteiger partial charge in [0, 0.05) is 19.0 Å². The van der Waals surface area contributed by atoms with Crippen molar-refractivity contribution in [2.45, 2.75) is 57.7 Å². The SMILES string of the molecule is CC(C)CC(NC(=O)C(Cc1ccccc1)NC(=O)CNC(=O)COc1ccc2c(=O)c(-c3ccc4c(c3)OCCO4)coc2c1)C(=O)NC(CCCN=C(N)N)C(=O)O. The zero-order valence-electron chi connectivity index (χ0n) is 33.2. The summed E-state index contributed by atoms with van der Waals surface area (Å²) < 4.78 is 22.6. The molecule has 1 aromatic heterocycles. The fourth-order valence-electron chi connectivity index (χ4n) is 6.30. The molecule has 318 valence electrons. The lowest BCUT2D eigenvalue weighted by molar-refractivity contribution is -0.142. The molecular formula is C42H49N7O11. The van der Waals surface area contributed by atoms with Crippen LogP contribution in [0.3, 0.4) is 0 Å². The number of fused-ring (bicyclic) bond motifs is 2. The lowest BCUT2D eigenvalue weighted by atomic mass is 10.0. The molecule has 1 aliphatic heterocycles. The standard InChI is InChI=1S/C42H49N7O11/c1-24(2)17-31(39(53)48-30(41(55)56)9-6-14-45-42(43)44)49-40(54)32(18-25-7-4-3-5-8-25)47-36(50)21-46-37(51)23-59-27-11-12-28-34(20-27)60-22-29(38(28)52)26-10-13-33-35(19-26)58-16-15-57-33/h3-5,7-8,10-13,19-20,22,24,30-32H,6,9,14-18,21,23H2,1-2H3,(H,46,51)(H,47,50)(H,48,53)(H,49,54)(H,55,56)(H4,43,44,45). The van der Waals surface area contributed by atoms with Crippen molar-refractivity contribution in [3.8, 4) is 28.4 Å². The third kappa shape index (κ3) is 12.7. The predicted molar refractivity (Wildman–Crippen MR) is 220 cm³/mol. The van der Waals surface area contributed by atoms with Crippen molar-refractivity contribution in [2.75, 3.05) is 32.9 Å². The van der Waals surface area contributed by atoms with Crippen LogP contribution in [0.5, 0.6) is 17.2 Å². The number of nitrogens with zero attached hydrogens (tertiary/aromatic N) is 1. The van der Waals surface area contributed by atoms with E-state index in [2.05, 4.69) is 26.3 Å². The van der Waals surface area contributed by atoms with E-state index in [0.717, 1.165) is 0 Å². The third-order valence-corrected chi connectivity index (χ3v) is 9.25. The smallest absolute Gasteiger partial charge is 0.326 e. The van der Waals surface area contributed by atoms with E-state index in [1.54, 1.807) is 48.5 Å². The number of benzene rings is 3. The van der Waals surface area contributed by atoms with Crippen LogP contribution >= 0.6 is 0 Å². The molecular weight excluding hydrogens is 778 g/mol. The Kier molecular flexibility index (Phi) is 15.4. The van der Waals surface area contributed by atoms with Gasteiger partial charge in [-0.1, -0.05) is 50.2 Å². The molecule has 3 atom stereocenters. The van der Waals surface area contributed by atoms with E-state index in [1.165, 1.54) is 24.5 Å². The highest BCUT2D eigenvalue weighted by molar-refractivity contribution is 5.94. The average molecular weight is 828 g/mol. The molecule has 0 fully saturated rings. The van der Waals surface area contributed by atoms with E-state index in [9.17, 15) is 33.9 Å². The van der Waals surface area contributed by atoms with Crippen LogP contribution in [0, 0.1) is 5.92 Å². The highest BCUT2D eigenvalue weighted by atomic mass is 16.6. The molecule has 18 heteroatoms. The van der Waals surface area contributed by atoms with Gasteiger partial charge in [-0.3, -0.25) is 29.0 Å². The molecule has 0 saturated carbocycles. The second kappa shape index (κ2) is 21.1. The maximum absolute atomic E-state index is 13.7. The van der Waals surface area contributed by atoms with Crippen molar-refractivity contribution in [1.29, 1.82) is 0 Å². The van der Waals surface area contributed by atoms with Crippen LogP contribution in [0.2, 0.25) is 0 Å². The number of guanidine groups is 1. The monoisotopic (exact) mass is 827 g/mol. The fraction of sp³-hybridized carbons (Fsp3) is 0.357. The van der Waals surface area contributed by atoms with Gasteiger partial charge in [0.25, 0.3) is 5.91 Å². The van der Waals surface area contributed by atoms with Gasteiger partial charge in [-0.25, -0.2) is 4.79 Å². The Labute approximate surface area is 345 Å². The minimum Gasteiger partial charge on any atom is -0.486 e. The number of nitrogens with two attached hydrogens (primary N) is 2. The van der Waals surface area contributed by atoms with Gasteiger partial charge in [0.1, 0.15) is 48.9 Å². The van der Waals surface area contributed by atoms with E-state index in [4.69, 9.17) is 30.1 Å². The van der Waals surface area contributed by atoms with E-state index in [0.29, 0.717) is 46.8 Å². The van der Waals surface area contributed by atoms with E-state index < -0.39 is 60.9 Å². The number of amides is 4. The van der Waals surface area contributed by atoms with Crippen molar-refractivity contribution >= 4 is 46.5 Å². The minimum atomic E-state index is -1.27. The predicted octanol–water partition coefficient (Wildman–Crippen LogP) is 1.61. The second-order valence-electron chi connectivity index (χ2n) is 14.4. The van der Waals surface area contributed by atoms with Crippen LogP contribution in [0.4, 0.5) is 0 Å². The number of ether oxygens (including phenoxy) is 3. The van der Waals surface area contributed by atoms with Gasteiger partial charge in [0.05, 0.1) is 17.5 Å². The number of hydrogen-bond donors (Lipinski definition) is 7. The second-order valence-corrected chi connectivity index (χ2v) is 14.4. The average Bonchev–Trinajstić information content (AvgIpc) is 3.22. The van der Waals surface area contributed by atoms with Crippen LogP contribution in [-0.2, 0) is 30.4 Å². The highest BCUT2D eigenvalue weighted by Gasteiger charge is 2.30. The van der Waals surface area contributed by atoms with Crippen molar-refractivity contribution < 1.29 is 47.7 Å². The molecule has 3 aromatic carbocycles. The summed E-state index contributed by atoms with van der Waals surface area (Å²) in [5, 5.41) is 20.3. The molecule has 5 rings (SSSR count). The number of aliphatic imine (C=N–C) groups is 1. The Morgan fingerprint density at radius 2 is 1.57 bits per heavy atom. The molecule has 9 N–H and O–H groups in total. The van der Waals surface area contributed by atoms with Gasteiger partial charge in [0.2, 0.25) is 17.7 Å². The molecule has 18 nitrogen and oxygen atoms in total. The summed E-state index contributed by atoms with van der Waals surface area (Å²) in [6, 6.07) is 15.0. The Morgan fingerprint density at radius 3 is 2.28 bits per heavy atom. The van der Waals surface area contributed by atoms with Gasteiger partial charge >= 0.3 is 5.97 Å². The van der Waals surface area contributed by atoms with Gasteiger partial charge in [-0.2, -0.15) is 0 Å². The Balaban J connectivity index is 1.17. The van der Waals surface area contributed by atoms with Crippen molar-refractivity contribution in [3.05, 3.63) is 88.8 Å². The highest BCUT2D eigenvalue weighted by Crippen LogP contribution is 2.34. The summed E-state index contributed by atoms with van der Waals surface area (Å²) in [5.41, 5.74) is 12.2. The summed E-state index contributed by atoms with van der Waals surface area (Å²) in [6.07, 6.45) is 1.87. The molecule has 1 aliphatic rings. The first kappa shape index (κ1) is 44.0. The molecule has 0 saturated heterocycles. The number of nitrogens with one attached hydrogen (secondary N) is 4.